The van der Waals surface area contributed by atoms with Crippen LogP contribution in [0.1, 0.15) is 40.0 Å². The molecule has 0 saturated heterocycles. The summed E-state index contributed by atoms with van der Waals surface area (Å²) in [5.41, 5.74) is 2.30. The van der Waals surface area contributed by atoms with Crippen LogP contribution >= 0.6 is 0 Å². The second-order valence-electron chi connectivity index (χ2n) is 5.74. The molecular weight excluding hydrogens is 168 g/mol. The first-order valence-corrected chi connectivity index (χ1v) is 5.87. The molecule has 0 heteroatoms. The van der Waals surface area contributed by atoms with Gasteiger partial charge < -0.3 is 0 Å². The Labute approximate surface area is 88.1 Å². The zero-order chi connectivity index (χ0) is 10.3. The van der Waals surface area contributed by atoms with Gasteiger partial charge in [-0.2, -0.15) is 0 Å². The molecule has 3 aliphatic rings. The molecule has 1 fully saturated rings. The SMILES string of the molecule is C=CC(C)CC1=CCC2CC1C2(C)C. The highest BCUT2D eigenvalue weighted by Crippen LogP contribution is 2.60. The molecule has 0 heterocycles. The molecule has 0 aliphatic heterocycles. The first-order chi connectivity index (χ1) is 6.55. The van der Waals surface area contributed by atoms with Crippen molar-refractivity contribution in [1.29, 1.82) is 0 Å². The van der Waals surface area contributed by atoms with E-state index < -0.39 is 0 Å². The van der Waals surface area contributed by atoms with Gasteiger partial charge in [0, 0.05) is 0 Å². The molecule has 3 unspecified atom stereocenters. The molecule has 2 bridgehead atoms. The smallest absolute Gasteiger partial charge is 0.0146 e. The topological polar surface area (TPSA) is 0 Å². The molecule has 14 heavy (non-hydrogen) atoms. The van der Waals surface area contributed by atoms with Crippen LogP contribution in [0.5, 0.6) is 0 Å². The zero-order valence-electron chi connectivity index (χ0n) is 9.72. The second kappa shape index (κ2) is 3.25. The van der Waals surface area contributed by atoms with Crippen LogP contribution in [0, 0.1) is 23.2 Å². The average Bonchev–Trinajstić information content (AvgIpc) is 2.17. The molecule has 0 N–H and O–H groups in total. The van der Waals surface area contributed by atoms with Gasteiger partial charge in [0.1, 0.15) is 0 Å². The quantitative estimate of drug-likeness (QED) is 0.585. The maximum absolute atomic E-state index is 3.87. The van der Waals surface area contributed by atoms with Crippen molar-refractivity contribution < 1.29 is 0 Å². The fraction of sp³-hybridized carbons (Fsp3) is 0.714. The van der Waals surface area contributed by atoms with E-state index in [1.165, 1.54) is 19.3 Å². The standard InChI is InChI=1S/C14H22/c1-5-10(2)8-11-6-7-12-9-13(11)14(12,3)4/h5-6,10,12-13H,1,7-9H2,2-4H3. The summed E-state index contributed by atoms with van der Waals surface area (Å²) in [5, 5.41) is 0. The molecule has 0 aromatic heterocycles. The van der Waals surface area contributed by atoms with Crippen LogP contribution in [0.15, 0.2) is 24.3 Å². The highest BCUT2D eigenvalue weighted by Gasteiger charge is 2.50. The Bertz CT molecular complexity index is 270. The van der Waals surface area contributed by atoms with E-state index in [4.69, 9.17) is 0 Å². The predicted octanol–water partition coefficient (Wildman–Crippen LogP) is 4.19. The van der Waals surface area contributed by atoms with Crippen LogP contribution in [0.25, 0.3) is 0 Å². The van der Waals surface area contributed by atoms with Gasteiger partial charge in [0.15, 0.2) is 0 Å². The van der Waals surface area contributed by atoms with Crippen molar-refractivity contribution in [2.24, 2.45) is 23.2 Å². The van der Waals surface area contributed by atoms with Gasteiger partial charge in [0.25, 0.3) is 0 Å². The van der Waals surface area contributed by atoms with Crippen molar-refractivity contribution in [3.05, 3.63) is 24.3 Å². The number of allylic oxidation sites excluding steroid dienone is 3. The summed E-state index contributed by atoms with van der Waals surface area (Å²) in [6, 6.07) is 0. The molecule has 0 radical (unpaired) electrons. The number of rotatable bonds is 3. The van der Waals surface area contributed by atoms with Gasteiger partial charge in [0.2, 0.25) is 0 Å². The molecule has 3 aliphatic carbocycles. The first-order valence-electron chi connectivity index (χ1n) is 5.87. The van der Waals surface area contributed by atoms with E-state index in [9.17, 15) is 0 Å². The first kappa shape index (κ1) is 10.0. The maximum atomic E-state index is 3.87. The molecule has 78 valence electrons. The van der Waals surface area contributed by atoms with E-state index in [0.29, 0.717) is 11.3 Å². The third-order valence-corrected chi connectivity index (χ3v) is 4.54. The molecule has 0 nitrogen and oxygen atoms in total. The van der Waals surface area contributed by atoms with Crippen molar-refractivity contribution in [1.82, 2.24) is 0 Å². The van der Waals surface area contributed by atoms with Crippen molar-refractivity contribution >= 4 is 0 Å². The number of hydrogen-bond donors (Lipinski definition) is 0. The molecule has 1 saturated carbocycles. The summed E-state index contributed by atoms with van der Waals surface area (Å²) in [6.45, 7) is 11.0. The molecule has 0 aromatic carbocycles. The molecule has 0 spiro atoms. The van der Waals surface area contributed by atoms with Crippen molar-refractivity contribution in [2.45, 2.75) is 40.0 Å². The van der Waals surface area contributed by atoms with E-state index in [1.54, 1.807) is 5.57 Å². The third kappa shape index (κ3) is 1.36. The Balaban J connectivity index is 2.07. The second-order valence-corrected chi connectivity index (χ2v) is 5.74. The Kier molecular flexibility index (Phi) is 2.33. The predicted molar refractivity (Wildman–Crippen MR) is 62.1 cm³/mol. The van der Waals surface area contributed by atoms with Crippen LogP contribution in [-0.4, -0.2) is 0 Å². The van der Waals surface area contributed by atoms with E-state index in [1.807, 2.05) is 0 Å². The monoisotopic (exact) mass is 190 g/mol. The van der Waals surface area contributed by atoms with Crippen molar-refractivity contribution in [3.8, 4) is 0 Å². The highest BCUT2D eigenvalue weighted by molar-refractivity contribution is 5.23. The average molecular weight is 190 g/mol. The van der Waals surface area contributed by atoms with E-state index in [2.05, 4.69) is 39.5 Å². The Morgan fingerprint density at radius 2 is 2.36 bits per heavy atom. The number of fused-ring (bicyclic) bond motifs is 1. The Hall–Kier alpha value is -0.520. The lowest BCUT2D eigenvalue weighted by atomic mass is 9.48. The van der Waals surface area contributed by atoms with Gasteiger partial charge in [-0.3, -0.25) is 0 Å². The lowest BCUT2D eigenvalue weighted by molar-refractivity contribution is -0.00893. The Morgan fingerprint density at radius 1 is 1.64 bits per heavy atom. The molecule has 0 amide bonds. The fourth-order valence-corrected chi connectivity index (χ4v) is 3.16. The largest absolute Gasteiger partial charge is 0.103 e. The van der Waals surface area contributed by atoms with Crippen LogP contribution in [-0.2, 0) is 0 Å². The summed E-state index contributed by atoms with van der Waals surface area (Å²) in [7, 11) is 0. The van der Waals surface area contributed by atoms with Gasteiger partial charge >= 0.3 is 0 Å². The minimum absolute atomic E-state index is 0.588. The van der Waals surface area contributed by atoms with Crippen LogP contribution in [0.2, 0.25) is 0 Å². The highest BCUT2D eigenvalue weighted by atomic mass is 14.5. The van der Waals surface area contributed by atoms with E-state index >= 15 is 0 Å². The molecule has 0 aromatic rings. The van der Waals surface area contributed by atoms with Gasteiger partial charge in [-0.05, 0) is 42.4 Å². The summed E-state index contributed by atoms with van der Waals surface area (Å²) in [5.74, 6) is 2.49. The van der Waals surface area contributed by atoms with Crippen LogP contribution in [0.4, 0.5) is 0 Å². The van der Waals surface area contributed by atoms with Crippen LogP contribution in [0.3, 0.4) is 0 Å². The van der Waals surface area contributed by atoms with E-state index in [0.717, 1.165) is 11.8 Å². The summed E-state index contributed by atoms with van der Waals surface area (Å²) >= 11 is 0. The zero-order valence-corrected chi connectivity index (χ0v) is 9.72. The van der Waals surface area contributed by atoms with Crippen molar-refractivity contribution in [3.63, 3.8) is 0 Å². The lowest BCUT2D eigenvalue weighted by Crippen LogP contribution is -2.48. The van der Waals surface area contributed by atoms with E-state index in [-0.39, 0.29) is 0 Å². The molecule has 3 rings (SSSR count). The molecule has 3 atom stereocenters. The lowest BCUT2D eigenvalue weighted by Gasteiger charge is -2.56. The summed E-state index contributed by atoms with van der Waals surface area (Å²) < 4.78 is 0. The van der Waals surface area contributed by atoms with Gasteiger partial charge in [-0.1, -0.05) is 38.5 Å². The minimum Gasteiger partial charge on any atom is -0.103 e. The molecular formula is C14H22. The maximum Gasteiger partial charge on any atom is -0.0146 e. The van der Waals surface area contributed by atoms with Gasteiger partial charge in [0.05, 0.1) is 0 Å². The fourth-order valence-electron chi connectivity index (χ4n) is 3.16. The van der Waals surface area contributed by atoms with Crippen molar-refractivity contribution in [2.75, 3.05) is 0 Å². The van der Waals surface area contributed by atoms with Crippen LogP contribution < -0.4 is 0 Å². The Morgan fingerprint density at radius 3 is 2.86 bits per heavy atom. The third-order valence-electron chi connectivity index (χ3n) is 4.54. The summed E-state index contributed by atoms with van der Waals surface area (Å²) in [4.78, 5) is 0. The van der Waals surface area contributed by atoms with Gasteiger partial charge in [-0.15, -0.1) is 6.58 Å². The normalized spacial score (nSPS) is 35.5. The van der Waals surface area contributed by atoms with Gasteiger partial charge in [-0.25, -0.2) is 0 Å². The minimum atomic E-state index is 0.588. The summed E-state index contributed by atoms with van der Waals surface area (Å²) in [6.07, 6.45) is 8.60. The number of hydrogen-bond acceptors (Lipinski definition) is 0.